The van der Waals surface area contributed by atoms with E-state index < -0.39 is 12.4 Å². The summed E-state index contributed by atoms with van der Waals surface area (Å²) in [4.78, 5) is 11.5. The summed E-state index contributed by atoms with van der Waals surface area (Å²) in [6.45, 7) is 2.76. The van der Waals surface area contributed by atoms with E-state index in [4.69, 9.17) is 33.9 Å². The second-order valence-electron chi connectivity index (χ2n) is 9.60. The van der Waals surface area contributed by atoms with E-state index in [1.165, 1.54) is 12.1 Å². The van der Waals surface area contributed by atoms with Crippen LogP contribution in [0.25, 0.3) is 11.3 Å². The van der Waals surface area contributed by atoms with Crippen LogP contribution in [0.4, 0.5) is 19.0 Å². The summed E-state index contributed by atoms with van der Waals surface area (Å²) in [6, 6.07) is 9.30. The lowest BCUT2D eigenvalue weighted by Crippen LogP contribution is -2.45. The van der Waals surface area contributed by atoms with Crippen molar-refractivity contribution in [2.45, 2.75) is 45.2 Å². The molecule has 37 heavy (non-hydrogen) atoms. The number of aliphatic hydroxyl groups excluding tert-OH is 1. The van der Waals surface area contributed by atoms with Gasteiger partial charge in [0.1, 0.15) is 11.4 Å². The van der Waals surface area contributed by atoms with E-state index in [0.29, 0.717) is 76.4 Å². The van der Waals surface area contributed by atoms with E-state index in [1.807, 2.05) is 6.92 Å². The highest BCUT2D eigenvalue weighted by atomic mass is 35.5. The number of alkyl halides is 3. The summed E-state index contributed by atoms with van der Waals surface area (Å²) in [5, 5.41) is 10.9. The van der Waals surface area contributed by atoms with E-state index in [2.05, 4.69) is 14.6 Å². The number of nitrogens with zero attached hydrogens (tertiary/aromatic N) is 3. The van der Waals surface area contributed by atoms with Gasteiger partial charge in [-0.15, -0.1) is 13.2 Å². The van der Waals surface area contributed by atoms with Gasteiger partial charge in [-0.3, -0.25) is 0 Å². The number of halogens is 5. The van der Waals surface area contributed by atoms with Gasteiger partial charge in [-0.05, 0) is 60.9 Å². The van der Waals surface area contributed by atoms with Gasteiger partial charge in [0.15, 0.2) is 5.82 Å². The summed E-state index contributed by atoms with van der Waals surface area (Å²) in [7, 11) is 0. The topological polar surface area (TPSA) is 84.5 Å². The number of rotatable bonds is 4. The molecule has 0 radical (unpaired) electrons. The largest absolute Gasteiger partial charge is 0.573 e. The minimum Gasteiger partial charge on any atom is -0.406 e. The van der Waals surface area contributed by atoms with Crippen molar-refractivity contribution in [3.63, 3.8) is 0 Å². The number of aliphatic hydroxyl groups is 1. The van der Waals surface area contributed by atoms with Crippen LogP contribution in [0.5, 0.6) is 5.75 Å². The second-order valence-corrected chi connectivity index (χ2v) is 10.4. The first-order valence-corrected chi connectivity index (χ1v) is 12.6. The van der Waals surface area contributed by atoms with E-state index in [0.717, 1.165) is 5.56 Å². The van der Waals surface area contributed by atoms with Crippen LogP contribution in [0.2, 0.25) is 10.0 Å². The van der Waals surface area contributed by atoms with Crippen molar-refractivity contribution in [2.24, 2.45) is 11.1 Å². The van der Waals surface area contributed by atoms with Crippen molar-refractivity contribution in [2.75, 3.05) is 18.0 Å². The smallest absolute Gasteiger partial charge is 0.406 e. The van der Waals surface area contributed by atoms with Crippen LogP contribution >= 0.6 is 23.2 Å². The summed E-state index contributed by atoms with van der Waals surface area (Å²) < 4.78 is 42.2. The molecule has 6 nitrogen and oxygen atoms in total. The van der Waals surface area contributed by atoms with Gasteiger partial charge >= 0.3 is 6.36 Å². The number of piperidine rings is 1. The van der Waals surface area contributed by atoms with Crippen molar-refractivity contribution in [1.82, 2.24) is 9.97 Å². The van der Waals surface area contributed by atoms with Crippen molar-refractivity contribution in [3.05, 3.63) is 69.0 Å². The molecule has 1 aliphatic heterocycles. The maximum absolute atomic E-state index is 12.7. The predicted molar refractivity (Wildman–Crippen MR) is 136 cm³/mol. The monoisotopic (exact) mass is 552 g/mol. The van der Waals surface area contributed by atoms with Crippen LogP contribution in [-0.2, 0) is 13.0 Å². The third-order valence-corrected chi connectivity index (χ3v) is 8.24. The molecule has 3 N–H and O–H groups in total. The minimum absolute atomic E-state index is 0.255. The van der Waals surface area contributed by atoms with E-state index in [-0.39, 0.29) is 17.8 Å². The number of aryl methyl sites for hydroxylation is 1. The Labute approximate surface area is 222 Å². The highest BCUT2D eigenvalue weighted by Gasteiger charge is 2.46. The molecular weight excluding hydrogens is 528 g/mol. The van der Waals surface area contributed by atoms with Gasteiger partial charge in [0.05, 0.1) is 28.0 Å². The van der Waals surface area contributed by atoms with Crippen LogP contribution in [0.15, 0.2) is 36.4 Å². The lowest BCUT2D eigenvalue weighted by molar-refractivity contribution is -0.274. The van der Waals surface area contributed by atoms with E-state index in [1.54, 1.807) is 24.3 Å². The summed E-state index contributed by atoms with van der Waals surface area (Å²) in [5.74, 6) is 0.344. The second kappa shape index (κ2) is 9.62. The number of benzene rings is 2. The molecule has 2 heterocycles. The average Bonchev–Trinajstić information content (AvgIpc) is 3.11. The van der Waals surface area contributed by atoms with Crippen LogP contribution in [0.1, 0.15) is 41.4 Å². The van der Waals surface area contributed by atoms with Crippen molar-refractivity contribution >= 4 is 29.0 Å². The Kier molecular flexibility index (Phi) is 6.77. The summed E-state index contributed by atoms with van der Waals surface area (Å²) in [6.07, 6.45) is -2.64. The number of hydrogen-bond donors (Lipinski definition) is 2. The van der Waals surface area contributed by atoms with Crippen LogP contribution in [0.3, 0.4) is 0 Å². The SMILES string of the molecule is Cc1nc(N2CCC3(CC2)Cc2ccc(OC(F)(F)F)cc2[C@H]3N)c(CO)nc1-c1cccc(Cl)c1Cl. The molecule has 196 valence electrons. The highest BCUT2D eigenvalue weighted by molar-refractivity contribution is 6.43. The lowest BCUT2D eigenvalue weighted by Gasteiger charge is -2.43. The van der Waals surface area contributed by atoms with E-state index >= 15 is 0 Å². The minimum atomic E-state index is -4.75. The molecule has 0 amide bonds. The fourth-order valence-corrected chi connectivity index (χ4v) is 5.92. The molecule has 1 fully saturated rings. The van der Waals surface area contributed by atoms with Gasteiger partial charge in [-0.1, -0.05) is 41.4 Å². The number of hydrogen-bond acceptors (Lipinski definition) is 6. The van der Waals surface area contributed by atoms with Crippen LogP contribution < -0.4 is 15.4 Å². The molecule has 1 aliphatic carbocycles. The van der Waals surface area contributed by atoms with Gasteiger partial charge in [0.25, 0.3) is 0 Å². The number of aromatic nitrogens is 2. The molecule has 1 saturated heterocycles. The van der Waals surface area contributed by atoms with Gasteiger partial charge < -0.3 is 20.5 Å². The maximum Gasteiger partial charge on any atom is 0.573 e. The Bertz CT molecular complexity index is 1340. The van der Waals surface area contributed by atoms with Gasteiger partial charge in [-0.25, -0.2) is 9.97 Å². The highest BCUT2D eigenvalue weighted by Crippen LogP contribution is 2.52. The molecule has 0 bridgehead atoms. The Morgan fingerprint density at radius 2 is 1.89 bits per heavy atom. The fourth-order valence-electron chi connectivity index (χ4n) is 5.53. The first-order chi connectivity index (χ1) is 17.5. The van der Waals surface area contributed by atoms with Gasteiger partial charge in [-0.2, -0.15) is 0 Å². The number of nitrogens with two attached hydrogens (primary N) is 1. The molecule has 1 spiro atoms. The molecule has 0 saturated carbocycles. The first kappa shape index (κ1) is 26.0. The fraction of sp³-hybridized carbons (Fsp3) is 0.385. The molecule has 3 aromatic rings. The zero-order chi connectivity index (χ0) is 26.5. The van der Waals surface area contributed by atoms with Crippen molar-refractivity contribution in [1.29, 1.82) is 0 Å². The summed E-state index contributed by atoms with van der Waals surface area (Å²) >= 11 is 12.6. The quantitative estimate of drug-likeness (QED) is 0.413. The Hall–Kier alpha value is -2.59. The zero-order valence-electron chi connectivity index (χ0n) is 19.9. The van der Waals surface area contributed by atoms with Gasteiger partial charge in [0, 0.05) is 24.7 Å². The lowest BCUT2D eigenvalue weighted by atomic mass is 9.73. The normalized spacial score (nSPS) is 18.8. The molecule has 2 aromatic carbocycles. The Balaban J connectivity index is 1.37. The van der Waals surface area contributed by atoms with Crippen molar-refractivity contribution in [3.8, 4) is 17.0 Å². The summed E-state index contributed by atoms with van der Waals surface area (Å²) in [5.41, 5.74) is 10.3. The van der Waals surface area contributed by atoms with Crippen LogP contribution in [-0.4, -0.2) is 34.5 Å². The molecular formula is C26H25Cl2F3N4O2. The molecule has 1 aromatic heterocycles. The standard InChI is InChI=1S/C26H25Cl2F3N4O2/c1-14-22(17-3-2-4-19(27)21(17)28)34-20(13-36)24(33-14)35-9-7-25(8-10-35)12-15-5-6-16(37-26(29,30)31)11-18(15)23(25)32/h2-6,11,23,36H,7-10,12-13,32H2,1H3/t23-/m1/s1. The Morgan fingerprint density at radius 1 is 1.16 bits per heavy atom. The number of anilines is 1. The van der Waals surface area contributed by atoms with Gasteiger partial charge in [0.2, 0.25) is 0 Å². The molecule has 0 unspecified atom stereocenters. The van der Waals surface area contributed by atoms with Crippen LogP contribution in [0, 0.1) is 12.3 Å². The van der Waals surface area contributed by atoms with Crippen molar-refractivity contribution < 1.29 is 23.0 Å². The predicted octanol–water partition coefficient (Wildman–Crippen LogP) is 5.99. The molecule has 5 rings (SSSR count). The Morgan fingerprint density at radius 3 is 2.57 bits per heavy atom. The maximum atomic E-state index is 12.7. The molecule has 11 heteroatoms. The third-order valence-electron chi connectivity index (χ3n) is 7.42. The zero-order valence-corrected chi connectivity index (χ0v) is 21.5. The first-order valence-electron chi connectivity index (χ1n) is 11.8. The molecule has 1 atom stereocenters. The van der Waals surface area contributed by atoms with E-state index in [9.17, 15) is 18.3 Å². The average molecular weight is 553 g/mol. The molecule has 2 aliphatic rings. The third kappa shape index (κ3) is 4.85. The number of fused-ring (bicyclic) bond motifs is 1. The number of ether oxygens (including phenoxy) is 1.